The number of benzene rings is 1. The van der Waals surface area contributed by atoms with E-state index in [0.717, 1.165) is 0 Å². The fraction of sp³-hybridized carbons (Fsp3) is 0.200. The Morgan fingerprint density at radius 1 is 1.00 bits per heavy atom. The second-order valence-corrected chi connectivity index (χ2v) is 4.80. The molecule has 7 heteroatoms. The van der Waals surface area contributed by atoms with Crippen LogP contribution in [0.5, 0.6) is 11.5 Å². The SMILES string of the molecule is Cc1cc(C(=O)NNC(=O)c2ccc3c(c2)OCO3)c(C)o1. The molecule has 0 unspecified atom stereocenters. The minimum atomic E-state index is -0.454. The van der Waals surface area contributed by atoms with Crippen LogP contribution in [0.4, 0.5) is 0 Å². The number of furan rings is 1. The first-order chi connectivity index (χ1) is 10.5. The first-order valence-corrected chi connectivity index (χ1v) is 6.62. The Bertz CT molecular complexity index is 750. The summed E-state index contributed by atoms with van der Waals surface area (Å²) in [6, 6.07) is 6.39. The Labute approximate surface area is 126 Å². The minimum absolute atomic E-state index is 0.135. The molecule has 0 atom stereocenters. The van der Waals surface area contributed by atoms with Crippen molar-refractivity contribution in [1.29, 1.82) is 0 Å². The van der Waals surface area contributed by atoms with Crippen LogP contribution in [0.3, 0.4) is 0 Å². The lowest BCUT2D eigenvalue weighted by Crippen LogP contribution is -2.41. The van der Waals surface area contributed by atoms with Crippen LogP contribution in [-0.2, 0) is 0 Å². The van der Waals surface area contributed by atoms with Crippen LogP contribution >= 0.6 is 0 Å². The largest absolute Gasteiger partial charge is 0.466 e. The van der Waals surface area contributed by atoms with Crippen LogP contribution < -0.4 is 20.3 Å². The standard InChI is InChI=1S/C15H14N2O5/c1-8-5-11(9(2)22-8)15(19)17-16-14(18)10-3-4-12-13(6-10)21-7-20-12/h3-6H,7H2,1-2H3,(H,16,18)(H,17,19). The molecule has 0 bridgehead atoms. The fourth-order valence-corrected chi connectivity index (χ4v) is 2.15. The van der Waals surface area contributed by atoms with Crippen LogP contribution in [0.1, 0.15) is 32.2 Å². The molecule has 0 saturated heterocycles. The van der Waals surface area contributed by atoms with Gasteiger partial charge in [0.25, 0.3) is 11.8 Å². The normalized spacial score (nSPS) is 12.1. The highest BCUT2D eigenvalue weighted by Gasteiger charge is 2.18. The number of hydrazine groups is 1. The Balaban J connectivity index is 1.65. The third-order valence-electron chi connectivity index (χ3n) is 3.21. The molecule has 7 nitrogen and oxygen atoms in total. The molecule has 0 saturated carbocycles. The molecule has 2 N–H and O–H groups in total. The van der Waals surface area contributed by atoms with Gasteiger partial charge in [-0.25, -0.2) is 0 Å². The van der Waals surface area contributed by atoms with Gasteiger partial charge >= 0.3 is 0 Å². The van der Waals surface area contributed by atoms with E-state index in [4.69, 9.17) is 13.9 Å². The summed E-state index contributed by atoms with van der Waals surface area (Å²) >= 11 is 0. The Hall–Kier alpha value is -2.96. The molecule has 0 spiro atoms. The molecule has 3 rings (SSSR count). The summed E-state index contributed by atoms with van der Waals surface area (Å²) < 4.78 is 15.6. The topological polar surface area (TPSA) is 89.8 Å². The van der Waals surface area contributed by atoms with Gasteiger partial charge in [0, 0.05) is 5.56 Å². The van der Waals surface area contributed by atoms with Crippen LogP contribution in [0, 0.1) is 13.8 Å². The number of hydrogen-bond acceptors (Lipinski definition) is 5. The van der Waals surface area contributed by atoms with Gasteiger partial charge in [-0.05, 0) is 38.1 Å². The maximum atomic E-state index is 12.0. The molecular formula is C15H14N2O5. The second kappa shape index (κ2) is 5.44. The van der Waals surface area contributed by atoms with Crippen molar-refractivity contribution in [2.45, 2.75) is 13.8 Å². The van der Waals surface area contributed by atoms with Gasteiger partial charge in [0.1, 0.15) is 11.5 Å². The molecular weight excluding hydrogens is 288 g/mol. The molecule has 1 aliphatic heterocycles. The maximum absolute atomic E-state index is 12.0. The summed E-state index contributed by atoms with van der Waals surface area (Å²) in [5.74, 6) is 1.32. The van der Waals surface area contributed by atoms with Crippen molar-refractivity contribution < 1.29 is 23.5 Å². The predicted octanol–water partition coefficient (Wildman–Crippen LogP) is 1.70. The van der Waals surface area contributed by atoms with Crippen LogP contribution in [-0.4, -0.2) is 18.6 Å². The van der Waals surface area contributed by atoms with Crippen molar-refractivity contribution in [2.24, 2.45) is 0 Å². The van der Waals surface area contributed by atoms with Crippen molar-refractivity contribution in [2.75, 3.05) is 6.79 Å². The average molecular weight is 302 g/mol. The summed E-state index contributed by atoms with van der Waals surface area (Å²) in [5, 5.41) is 0. The number of fused-ring (bicyclic) bond motifs is 1. The Kier molecular flexibility index (Phi) is 3.46. The zero-order chi connectivity index (χ0) is 15.7. The monoisotopic (exact) mass is 302 g/mol. The van der Waals surface area contributed by atoms with Gasteiger partial charge in [-0.15, -0.1) is 0 Å². The summed E-state index contributed by atoms with van der Waals surface area (Å²) in [6.45, 7) is 3.56. The quantitative estimate of drug-likeness (QED) is 0.824. The lowest BCUT2D eigenvalue weighted by molar-refractivity contribution is 0.0845. The minimum Gasteiger partial charge on any atom is -0.466 e. The smallest absolute Gasteiger partial charge is 0.273 e. The summed E-state index contributed by atoms with van der Waals surface area (Å²) in [7, 11) is 0. The Morgan fingerprint density at radius 2 is 1.73 bits per heavy atom. The number of hydrogen-bond donors (Lipinski definition) is 2. The number of ether oxygens (including phenoxy) is 2. The number of amides is 2. The zero-order valence-corrected chi connectivity index (χ0v) is 12.1. The molecule has 0 aliphatic carbocycles. The van der Waals surface area contributed by atoms with Gasteiger partial charge in [-0.2, -0.15) is 0 Å². The summed E-state index contributed by atoms with van der Waals surface area (Å²) in [4.78, 5) is 24.0. The third kappa shape index (κ3) is 2.60. The molecule has 2 aromatic rings. The van der Waals surface area contributed by atoms with Gasteiger partial charge in [0.2, 0.25) is 6.79 Å². The van der Waals surface area contributed by atoms with Crippen LogP contribution in [0.25, 0.3) is 0 Å². The van der Waals surface area contributed by atoms with Gasteiger partial charge < -0.3 is 13.9 Å². The number of carbonyl (C=O) groups is 2. The molecule has 2 heterocycles. The number of rotatable bonds is 2. The molecule has 2 amide bonds. The molecule has 114 valence electrons. The number of nitrogens with one attached hydrogen (secondary N) is 2. The summed E-state index contributed by atoms with van der Waals surface area (Å²) in [5.41, 5.74) is 5.43. The van der Waals surface area contributed by atoms with Gasteiger partial charge in [-0.3, -0.25) is 20.4 Å². The van der Waals surface area contributed by atoms with E-state index in [9.17, 15) is 9.59 Å². The molecule has 1 aromatic carbocycles. The molecule has 0 radical (unpaired) electrons. The average Bonchev–Trinajstić information content (AvgIpc) is 3.09. The number of aryl methyl sites for hydroxylation is 2. The van der Waals surface area contributed by atoms with Gasteiger partial charge in [0.05, 0.1) is 5.56 Å². The van der Waals surface area contributed by atoms with Gasteiger partial charge in [-0.1, -0.05) is 0 Å². The highest BCUT2D eigenvalue weighted by Crippen LogP contribution is 2.32. The molecule has 1 aliphatic rings. The lowest BCUT2D eigenvalue weighted by Gasteiger charge is -2.07. The van der Waals surface area contributed by atoms with Crippen molar-refractivity contribution >= 4 is 11.8 Å². The molecule has 1 aromatic heterocycles. The van der Waals surface area contributed by atoms with E-state index in [2.05, 4.69) is 10.9 Å². The van der Waals surface area contributed by atoms with E-state index in [1.807, 2.05) is 0 Å². The van der Waals surface area contributed by atoms with Crippen molar-refractivity contribution in [1.82, 2.24) is 10.9 Å². The van der Waals surface area contributed by atoms with E-state index < -0.39 is 11.8 Å². The third-order valence-corrected chi connectivity index (χ3v) is 3.21. The first kappa shape index (κ1) is 14.0. The highest BCUT2D eigenvalue weighted by atomic mass is 16.7. The van der Waals surface area contributed by atoms with E-state index in [1.165, 1.54) is 0 Å². The fourth-order valence-electron chi connectivity index (χ4n) is 2.15. The highest BCUT2D eigenvalue weighted by molar-refractivity contribution is 5.99. The van der Waals surface area contributed by atoms with Crippen LogP contribution in [0.2, 0.25) is 0 Å². The van der Waals surface area contributed by atoms with Crippen LogP contribution in [0.15, 0.2) is 28.7 Å². The predicted molar refractivity (Wildman–Crippen MR) is 75.7 cm³/mol. The number of carbonyl (C=O) groups excluding carboxylic acids is 2. The Morgan fingerprint density at radius 3 is 2.45 bits per heavy atom. The second-order valence-electron chi connectivity index (χ2n) is 4.80. The van der Waals surface area contributed by atoms with Gasteiger partial charge in [0.15, 0.2) is 11.5 Å². The maximum Gasteiger partial charge on any atom is 0.273 e. The van der Waals surface area contributed by atoms with E-state index in [0.29, 0.717) is 34.1 Å². The van der Waals surface area contributed by atoms with Crippen molar-refractivity contribution in [3.8, 4) is 11.5 Å². The zero-order valence-electron chi connectivity index (χ0n) is 12.1. The first-order valence-electron chi connectivity index (χ1n) is 6.62. The molecule has 22 heavy (non-hydrogen) atoms. The van der Waals surface area contributed by atoms with E-state index >= 15 is 0 Å². The van der Waals surface area contributed by atoms with E-state index in [1.54, 1.807) is 38.1 Å². The molecule has 0 fully saturated rings. The van der Waals surface area contributed by atoms with E-state index in [-0.39, 0.29) is 6.79 Å². The van der Waals surface area contributed by atoms with Crippen molar-refractivity contribution in [3.63, 3.8) is 0 Å². The lowest BCUT2D eigenvalue weighted by atomic mass is 10.2. The summed E-state index contributed by atoms with van der Waals surface area (Å²) in [6.07, 6.45) is 0. The van der Waals surface area contributed by atoms with Crippen molar-refractivity contribution in [3.05, 3.63) is 46.9 Å².